The number of aliphatic hydroxyl groups excluding tert-OH is 1. The van der Waals surface area contributed by atoms with Gasteiger partial charge < -0.3 is 14.8 Å². The van der Waals surface area contributed by atoms with Crippen LogP contribution in [0.3, 0.4) is 0 Å². The number of pyridine rings is 1. The number of aromatic hydroxyl groups is 1. The summed E-state index contributed by atoms with van der Waals surface area (Å²) in [5.41, 5.74) is 0.0905. The molecule has 0 aliphatic rings. The van der Waals surface area contributed by atoms with Crippen molar-refractivity contribution in [2.75, 3.05) is 0 Å². The summed E-state index contributed by atoms with van der Waals surface area (Å²) in [5.74, 6) is -0.247. The fourth-order valence-corrected chi connectivity index (χ4v) is 1.15. The molecule has 0 radical (unpaired) electrons. The molecule has 0 aliphatic carbocycles. The van der Waals surface area contributed by atoms with E-state index < -0.39 is 6.10 Å². The normalized spacial score (nSPS) is 12.8. The van der Waals surface area contributed by atoms with Crippen LogP contribution in [0.4, 0.5) is 0 Å². The van der Waals surface area contributed by atoms with Crippen LogP contribution in [0.5, 0.6) is 5.75 Å². The summed E-state index contributed by atoms with van der Waals surface area (Å²) >= 11 is 0. The van der Waals surface area contributed by atoms with Gasteiger partial charge in [0, 0.05) is 18.8 Å². The average molecular weight is 183 g/mol. The molecule has 0 aromatic carbocycles. The van der Waals surface area contributed by atoms with Crippen molar-refractivity contribution in [2.24, 2.45) is 0 Å². The first-order chi connectivity index (χ1) is 6.02. The van der Waals surface area contributed by atoms with E-state index in [-0.39, 0.29) is 11.2 Å². The molecule has 4 nitrogen and oxygen atoms in total. The van der Waals surface area contributed by atoms with E-state index in [0.717, 1.165) is 0 Å². The third-order valence-electron chi connectivity index (χ3n) is 1.87. The van der Waals surface area contributed by atoms with Crippen molar-refractivity contribution >= 4 is 0 Å². The number of rotatable bonds is 2. The number of hydrogen-bond donors (Lipinski definition) is 2. The SMILES string of the molecule is Cc1c(O)c(=O)ccn1CC(C)O. The quantitative estimate of drug-likeness (QED) is 0.690. The fraction of sp³-hybridized carbons (Fsp3) is 0.444. The molecular formula is C9H13NO3. The van der Waals surface area contributed by atoms with Crippen molar-refractivity contribution in [3.05, 3.63) is 28.2 Å². The summed E-state index contributed by atoms with van der Waals surface area (Å²) < 4.78 is 1.64. The summed E-state index contributed by atoms with van der Waals surface area (Å²) in [6, 6.07) is 1.28. The van der Waals surface area contributed by atoms with Gasteiger partial charge in [0.2, 0.25) is 5.43 Å². The minimum atomic E-state index is -0.499. The maximum absolute atomic E-state index is 11.0. The van der Waals surface area contributed by atoms with Crippen molar-refractivity contribution in [1.29, 1.82) is 0 Å². The molecule has 0 spiro atoms. The van der Waals surface area contributed by atoms with Crippen LogP contribution in [0, 0.1) is 6.92 Å². The van der Waals surface area contributed by atoms with Gasteiger partial charge in [-0.2, -0.15) is 0 Å². The molecule has 4 heteroatoms. The van der Waals surface area contributed by atoms with Gasteiger partial charge in [0.25, 0.3) is 0 Å². The lowest BCUT2D eigenvalue weighted by Crippen LogP contribution is -2.16. The minimum absolute atomic E-state index is 0.247. The smallest absolute Gasteiger partial charge is 0.223 e. The molecule has 1 aromatic heterocycles. The van der Waals surface area contributed by atoms with E-state index >= 15 is 0 Å². The maximum Gasteiger partial charge on any atom is 0.223 e. The van der Waals surface area contributed by atoms with E-state index in [1.54, 1.807) is 24.6 Å². The standard InChI is InChI=1S/C9H13NO3/c1-6(11)5-10-4-3-8(12)9(13)7(10)2/h3-4,6,11,13H,5H2,1-2H3. The molecule has 1 atom stereocenters. The molecule has 0 saturated carbocycles. The van der Waals surface area contributed by atoms with Crippen LogP contribution < -0.4 is 5.43 Å². The minimum Gasteiger partial charge on any atom is -0.503 e. The monoisotopic (exact) mass is 183 g/mol. The Hall–Kier alpha value is -1.29. The van der Waals surface area contributed by atoms with E-state index in [2.05, 4.69) is 0 Å². The zero-order chi connectivity index (χ0) is 10.0. The molecule has 72 valence electrons. The third-order valence-corrected chi connectivity index (χ3v) is 1.87. The van der Waals surface area contributed by atoms with Gasteiger partial charge in [0.05, 0.1) is 11.8 Å². The van der Waals surface area contributed by atoms with Crippen molar-refractivity contribution in [3.63, 3.8) is 0 Å². The molecule has 0 amide bonds. The molecule has 1 aromatic rings. The highest BCUT2D eigenvalue weighted by Crippen LogP contribution is 2.09. The third kappa shape index (κ3) is 2.09. The number of nitrogens with zero attached hydrogens (tertiary/aromatic N) is 1. The van der Waals surface area contributed by atoms with Gasteiger partial charge in [-0.25, -0.2) is 0 Å². The summed E-state index contributed by atoms with van der Waals surface area (Å²) in [4.78, 5) is 11.0. The Morgan fingerprint density at radius 1 is 1.62 bits per heavy atom. The average Bonchev–Trinajstić information content (AvgIpc) is 2.06. The zero-order valence-corrected chi connectivity index (χ0v) is 7.69. The van der Waals surface area contributed by atoms with Gasteiger partial charge in [0.1, 0.15) is 0 Å². The second-order valence-corrected chi connectivity index (χ2v) is 3.12. The number of aliphatic hydroxyl groups is 1. The van der Waals surface area contributed by atoms with Crippen LogP contribution >= 0.6 is 0 Å². The second kappa shape index (κ2) is 3.62. The van der Waals surface area contributed by atoms with Gasteiger partial charge in [-0.1, -0.05) is 0 Å². The Morgan fingerprint density at radius 3 is 2.77 bits per heavy atom. The summed E-state index contributed by atoms with van der Waals surface area (Å²) in [5, 5.41) is 18.4. The summed E-state index contributed by atoms with van der Waals surface area (Å²) in [7, 11) is 0. The molecule has 1 unspecified atom stereocenters. The van der Waals surface area contributed by atoms with Crippen LogP contribution in [0.25, 0.3) is 0 Å². The Morgan fingerprint density at radius 2 is 2.23 bits per heavy atom. The van der Waals surface area contributed by atoms with Gasteiger partial charge >= 0.3 is 0 Å². The first-order valence-electron chi connectivity index (χ1n) is 4.09. The Balaban J connectivity index is 3.11. The lowest BCUT2D eigenvalue weighted by molar-refractivity contribution is 0.172. The molecule has 0 fully saturated rings. The molecular weight excluding hydrogens is 170 g/mol. The van der Waals surface area contributed by atoms with Crippen LogP contribution in [-0.2, 0) is 6.54 Å². The Kier molecular flexibility index (Phi) is 2.72. The molecule has 0 bridgehead atoms. The van der Waals surface area contributed by atoms with E-state index in [4.69, 9.17) is 5.11 Å². The largest absolute Gasteiger partial charge is 0.503 e. The number of aromatic nitrogens is 1. The van der Waals surface area contributed by atoms with Crippen LogP contribution in [0.1, 0.15) is 12.6 Å². The van der Waals surface area contributed by atoms with E-state index in [1.807, 2.05) is 0 Å². The predicted molar refractivity (Wildman–Crippen MR) is 48.8 cm³/mol. The van der Waals surface area contributed by atoms with Crippen molar-refractivity contribution < 1.29 is 10.2 Å². The second-order valence-electron chi connectivity index (χ2n) is 3.12. The lowest BCUT2D eigenvalue weighted by Gasteiger charge is -2.12. The topological polar surface area (TPSA) is 62.5 Å². The Bertz CT molecular complexity index is 354. The highest BCUT2D eigenvalue weighted by atomic mass is 16.3. The molecule has 13 heavy (non-hydrogen) atoms. The van der Waals surface area contributed by atoms with Crippen molar-refractivity contribution in [1.82, 2.24) is 4.57 Å². The zero-order valence-electron chi connectivity index (χ0n) is 7.69. The fourth-order valence-electron chi connectivity index (χ4n) is 1.15. The van der Waals surface area contributed by atoms with Crippen LogP contribution in [0.15, 0.2) is 17.1 Å². The summed E-state index contributed by atoms with van der Waals surface area (Å²) in [6.07, 6.45) is 1.06. The first kappa shape index (κ1) is 9.80. The number of hydrogen-bond acceptors (Lipinski definition) is 3. The van der Waals surface area contributed by atoms with Gasteiger partial charge in [-0.05, 0) is 13.8 Å². The van der Waals surface area contributed by atoms with E-state index in [0.29, 0.717) is 12.2 Å². The van der Waals surface area contributed by atoms with Crippen LogP contribution in [-0.4, -0.2) is 20.9 Å². The van der Waals surface area contributed by atoms with E-state index in [9.17, 15) is 9.90 Å². The lowest BCUT2D eigenvalue weighted by atomic mass is 10.3. The molecule has 0 saturated heterocycles. The van der Waals surface area contributed by atoms with Gasteiger partial charge in [0.15, 0.2) is 5.75 Å². The highest BCUT2D eigenvalue weighted by Gasteiger charge is 2.06. The summed E-state index contributed by atoms with van der Waals surface area (Å²) in [6.45, 7) is 3.66. The van der Waals surface area contributed by atoms with Gasteiger partial charge in [-0.3, -0.25) is 4.79 Å². The first-order valence-corrected chi connectivity index (χ1v) is 4.09. The highest BCUT2D eigenvalue weighted by molar-refractivity contribution is 5.25. The Labute approximate surface area is 76.1 Å². The van der Waals surface area contributed by atoms with Crippen molar-refractivity contribution in [2.45, 2.75) is 26.5 Å². The van der Waals surface area contributed by atoms with E-state index in [1.165, 1.54) is 6.07 Å². The predicted octanol–water partition coefficient (Wildman–Crippen LogP) is 0.243. The van der Waals surface area contributed by atoms with Gasteiger partial charge in [-0.15, -0.1) is 0 Å². The maximum atomic E-state index is 11.0. The molecule has 1 rings (SSSR count). The molecule has 2 N–H and O–H groups in total. The molecule has 0 aliphatic heterocycles. The molecule has 1 heterocycles. The van der Waals surface area contributed by atoms with Crippen LogP contribution in [0.2, 0.25) is 0 Å². The van der Waals surface area contributed by atoms with Crippen molar-refractivity contribution in [3.8, 4) is 5.75 Å².